The molecular formula is C18H22N4O2. The molecule has 6 heteroatoms. The van der Waals surface area contributed by atoms with E-state index in [0.29, 0.717) is 13.0 Å². The van der Waals surface area contributed by atoms with Crippen LogP contribution in [0.1, 0.15) is 36.1 Å². The Morgan fingerprint density at radius 2 is 2.12 bits per heavy atom. The van der Waals surface area contributed by atoms with Gasteiger partial charge >= 0.3 is 0 Å². The molecule has 2 atom stereocenters. The van der Waals surface area contributed by atoms with Crippen LogP contribution in [0.4, 0.5) is 0 Å². The second-order valence-corrected chi connectivity index (χ2v) is 6.65. The summed E-state index contributed by atoms with van der Waals surface area (Å²) in [7, 11) is 0. The van der Waals surface area contributed by atoms with Crippen molar-refractivity contribution in [1.82, 2.24) is 19.7 Å². The second kappa shape index (κ2) is 5.92. The van der Waals surface area contributed by atoms with E-state index >= 15 is 0 Å². The Kier molecular flexibility index (Phi) is 3.75. The number of rotatable bonds is 2. The zero-order valence-corrected chi connectivity index (χ0v) is 14.1. The number of piperidine rings is 1. The van der Waals surface area contributed by atoms with Crippen LogP contribution in [0.2, 0.25) is 0 Å². The summed E-state index contributed by atoms with van der Waals surface area (Å²) in [5, 5.41) is 4.49. The standard InChI is InChI=1S/C18H22N4O2/c1-12-19-13(2)22(20-12)15-7-5-9-21(11-15)18(23)17-10-14-6-3-4-8-16(14)24-17/h3-4,6,8,15,17H,5,7,9-11H2,1-2H3. The predicted molar refractivity (Wildman–Crippen MR) is 88.9 cm³/mol. The van der Waals surface area contributed by atoms with Gasteiger partial charge < -0.3 is 9.64 Å². The number of carbonyl (C=O) groups excluding carboxylic acids is 1. The second-order valence-electron chi connectivity index (χ2n) is 6.65. The number of benzene rings is 1. The molecule has 6 nitrogen and oxygen atoms in total. The quantitative estimate of drug-likeness (QED) is 0.847. The molecule has 2 aromatic rings. The summed E-state index contributed by atoms with van der Waals surface area (Å²) in [6.07, 6.45) is 2.28. The Balaban J connectivity index is 1.47. The molecule has 0 N–H and O–H groups in total. The van der Waals surface area contributed by atoms with Crippen LogP contribution in [0.25, 0.3) is 0 Å². The summed E-state index contributed by atoms with van der Waals surface area (Å²) in [5.41, 5.74) is 1.12. The summed E-state index contributed by atoms with van der Waals surface area (Å²) in [4.78, 5) is 19.2. The Hall–Kier alpha value is -2.37. The van der Waals surface area contributed by atoms with E-state index in [1.165, 1.54) is 0 Å². The van der Waals surface area contributed by atoms with Crippen molar-refractivity contribution >= 4 is 5.91 Å². The van der Waals surface area contributed by atoms with Gasteiger partial charge in [-0.1, -0.05) is 18.2 Å². The number of aryl methyl sites for hydroxylation is 2. The Bertz CT molecular complexity index is 745. The summed E-state index contributed by atoms with van der Waals surface area (Å²) >= 11 is 0. The minimum Gasteiger partial charge on any atom is -0.480 e. The van der Waals surface area contributed by atoms with Gasteiger partial charge in [-0.15, -0.1) is 0 Å². The first kappa shape index (κ1) is 15.2. The fraction of sp³-hybridized carbons (Fsp3) is 0.500. The third-order valence-corrected chi connectivity index (χ3v) is 4.88. The Labute approximate surface area is 141 Å². The Morgan fingerprint density at radius 1 is 1.29 bits per heavy atom. The molecule has 4 rings (SSSR count). The van der Waals surface area contributed by atoms with Crippen LogP contribution < -0.4 is 4.74 Å². The zero-order chi connectivity index (χ0) is 16.7. The van der Waals surface area contributed by atoms with Crippen molar-refractivity contribution in [2.24, 2.45) is 0 Å². The molecule has 0 aliphatic carbocycles. The van der Waals surface area contributed by atoms with Gasteiger partial charge in [-0.3, -0.25) is 4.79 Å². The normalized spacial score (nSPS) is 23.0. The molecule has 1 amide bonds. The van der Waals surface area contributed by atoms with Crippen molar-refractivity contribution in [2.75, 3.05) is 13.1 Å². The first-order valence-electron chi connectivity index (χ1n) is 8.55. The minimum absolute atomic E-state index is 0.0883. The number of hydrogen-bond acceptors (Lipinski definition) is 4. The fourth-order valence-corrected chi connectivity index (χ4v) is 3.76. The van der Waals surface area contributed by atoms with E-state index in [9.17, 15) is 4.79 Å². The number of likely N-dealkylation sites (tertiary alicyclic amines) is 1. The molecule has 3 heterocycles. The van der Waals surface area contributed by atoms with Crippen molar-refractivity contribution in [3.05, 3.63) is 41.5 Å². The van der Waals surface area contributed by atoms with Gasteiger partial charge in [-0.05, 0) is 38.3 Å². The lowest BCUT2D eigenvalue weighted by molar-refractivity contribution is -0.139. The lowest BCUT2D eigenvalue weighted by Crippen LogP contribution is -2.47. The van der Waals surface area contributed by atoms with Crippen molar-refractivity contribution < 1.29 is 9.53 Å². The molecule has 24 heavy (non-hydrogen) atoms. The lowest BCUT2D eigenvalue weighted by Gasteiger charge is -2.34. The number of aromatic nitrogens is 3. The van der Waals surface area contributed by atoms with E-state index in [1.54, 1.807) is 0 Å². The highest BCUT2D eigenvalue weighted by atomic mass is 16.5. The van der Waals surface area contributed by atoms with Crippen LogP contribution in [0.15, 0.2) is 24.3 Å². The van der Waals surface area contributed by atoms with Crippen LogP contribution in [0, 0.1) is 13.8 Å². The number of ether oxygens (including phenoxy) is 1. The van der Waals surface area contributed by atoms with Gasteiger partial charge in [0.05, 0.1) is 6.04 Å². The van der Waals surface area contributed by atoms with E-state index in [1.807, 2.05) is 47.7 Å². The maximum atomic E-state index is 12.9. The third kappa shape index (κ3) is 2.66. The summed E-state index contributed by atoms with van der Waals surface area (Å²) < 4.78 is 7.84. The van der Waals surface area contributed by atoms with Crippen molar-refractivity contribution in [2.45, 2.75) is 45.3 Å². The molecule has 2 aliphatic heterocycles. The van der Waals surface area contributed by atoms with E-state index in [2.05, 4.69) is 10.1 Å². The monoisotopic (exact) mass is 326 g/mol. The summed E-state index contributed by atoms with van der Waals surface area (Å²) in [6, 6.07) is 8.10. The highest BCUT2D eigenvalue weighted by Crippen LogP contribution is 2.30. The molecule has 1 fully saturated rings. The van der Waals surface area contributed by atoms with E-state index in [-0.39, 0.29) is 18.1 Å². The topological polar surface area (TPSA) is 60.2 Å². The molecule has 0 spiro atoms. The maximum Gasteiger partial charge on any atom is 0.264 e. The van der Waals surface area contributed by atoms with Crippen LogP contribution in [-0.4, -0.2) is 44.8 Å². The third-order valence-electron chi connectivity index (χ3n) is 4.88. The average molecular weight is 326 g/mol. The first-order chi connectivity index (χ1) is 11.6. The van der Waals surface area contributed by atoms with Gasteiger partial charge in [0.1, 0.15) is 17.4 Å². The van der Waals surface area contributed by atoms with E-state index < -0.39 is 0 Å². The van der Waals surface area contributed by atoms with Crippen LogP contribution in [-0.2, 0) is 11.2 Å². The van der Waals surface area contributed by atoms with E-state index in [4.69, 9.17) is 4.74 Å². The van der Waals surface area contributed by atoms with Crippen LogP contribution >= 0.6 is 0 Å². The summed E-state index contributed by atoms with van der Waals surface area (Å²) in [6.45, 7) is 5.34. The van der Waals surface area contributed by atoms with Gasteiger partial charge in [0.25, 0.3) is 5.91 Å². The molecule has 2 aliphatic rings. The molecule has 0 saturated carbocycles. The van der Waals surface area contributed by atoms with Crippen molar-refractivity contribution in [3.63, 3.8) is 0 Å². The number of carbonyl (C=O) groups is 1. The number of amides is 1. The van der Waals surface area contributed by atoms with Crippen molar-refractivity contribution in [3.8, 4) is 5.75 Å². The van der Waals surface area contributed by atoms with Gasteiger partial charge in [0, 0.05) is 19.5 Å². The number of nitrogens with zero attached hydrogens (tertiary/aromatic N) is 4. The minimum atomic E-state index is -0.389. The lowest BCUT2D eigenvalue weighted by atomic mass is 10.0. The number of hydrogen-bond donors (Lipinski definition) is 0. The maximum absolute atomic E-state index is 12.9. The van der Waals surface area contributed by atoms with Crippen molar-refractivity contribution in [1.29, 1.82) is 0 Å². The number of fused-ring (bicyclic) bond motifs is 1. The van der Waals surface area contributed by atoms with Gasteiger partial charge in [-0.2, -0.15) is 5.10 Å². The first-order valence-corrected chi connectivity index (χ1v) is 8.55. The van der Waals surface area contributed by atoms with E-state index in [0.717, 1.165) is 42.3 Å². The molecule has 2 unspecified atom stereocenters. The predicted octanol–water partition coefficient (Wildman–Crippen LogP) is 2.06. The fourth-order valence-electron chi connectivity index (χ4n) is 3.76. The molecule has 1 aromatic heterocycles. The average Bonchev–Trinajstić information content (AvgIpc) is 3.17. The highest BCUT2D eigenvalue weighted by molar-refractivity contribution is 5.82. The SMILES string of the molecule is Cc1nc(C)n(C2CCCN(C(=O)C3Cc4ccccc4O3)C2)n1. The molecular weight excluding hydrogens is 304 g/mol. The Morgan fingerprint density at radius 3 is 2.88 bits per heavy atom. The highest BCUT2D eigenvalue weighted by Gasteiger charge is 2.35. The molecule has 0 bridgehead atoms. The number of para-hydroxylation sites is 1. The van der Waals surface area contributed by atoms with Gasteiger partial charge in [-0.25, -0.2) is 9.67 Å². The molecule has 0 radical (unpaired) electrons. The molecule has 1 saturated heterocycles. The zero-order valence-electron chi connectivity index (χ0n) is 14.1. The smallest absolute Gasteiger partial charge is 0.264 e. The van der Waals surface area contributed by atoms with Crippen LogP contribution in [0.3, 0.4) is 0 Å². The van der Waals surface area contributed by atoms with Gasteiger partial charge in [0.15, 0.2) is 6.10 Å². The van der Waals surface area contributed by atoms with Crippen LogP contribution in [0.5, 0.6) is 5.75 Å². The largest absolute Gasteiger partial charge is 0.480 e. The molecule has 126 valence electrons. The molecule has 1 aromatic carbocycles. The summed E-state index contributed by atoms with van der Waals surface area (Å²) in [5.74, 6) is 2.62. The van der Waals surface area contributed by atoms with Gasteiger partial charge in [0.2, 0.25) is 0 Å².